The van der Waals surface area contributed by atoms with Crippen LogP contribution in [0.25, 0.3) is 0 Å². The number of nitrogens with zero attached hydrogens (tertiary/aromatic N) is 3. The first kappa shape index (κ1) is 16.7. The fraction of sp³-hybridized carbons (Fsp3) is 0.923. The number of likely N-dealkylation sites (N-methyl/N-ethyl adjacent to an activating group) is 1. The number of hydrogen-bond donors (Lipinski definition) is 1. The molecule has 2 rings (SSSR count). The highest BCUT2D eigenvalue weighted by atomic mass is 32.2. The van der Waals surface area contributed by atoms with Crippen LogP contribution >= 0.6 is 0 Å². The van der Waals surface area contributed by atoms with Crippen LogP contribution in [0.15, 0.2) is 0 Å². The van der Waals surface area contributed by atoms with Crippen molar-refractivity contribution in [1.82, 2.24) is 19.4 Å². The Labute approximate surface area is 127 Å². The average Bonchev–Trinajstić information content (AvgIpc) is 2.90. The molecule has 0 spiro atoms. The van der Waals surface area contributed by atoms with Crippen LogP contribution in [-0.2, 0) is 14.8 Å². The summed E-state index contributed by atoms with van der Waals surface area (Å²) >= 11 is 0. The van der Waals surface area contributed by atoms with E-state index in [-0.39, 0.29) is 5.91 Å². The molecule has 1 unspecified atom stereocenters. The lowest BCUT2D eigenvalue weighted by Crippen LogP contribution is -2.52. The molecule has 2 fully saturated rings. The van der Waals surface area contributed by atoms with E-state index in [9.17, 15) is 13.2 Å². The van der Waals surface area contributed by atoms with Crippen molar-refractivity contribution in [3.63, 3.8) is 0 Å². The molecule has 1 atom stereocenters. The maximum atomic E-state index is 12.2. The van der Waals surface area contributed by atoms with Gasteiger partial charge in [0.1, 0.15) is 0 Å². The van der Waals surface area contributed by atoms with Crippen LogP contribution in [-0.4, -0.2) is 93.6 Å². The van der Waals surface area contributed by atoms with Gasteiger partial charge in [0.15, 0.2) is 0 Å². The quantitative estimate of drug-likeness (QED) is 0.687. The van der Waals surface area contributed by atoms with E-state index in [1.165, 1.54) is 23.4 Å². The molecule has 21 heavy (non-hydrogen) atoms. The van der Waals surface area contributed by atoms with E-state index in [1.807, 2.05) is 11.9 Å². The third kappa shape index (κ3) is 4.91. The van der Waals surface area contributed by atoms with Crippen molar-refractivity contribution in [2.24, 2.45) is 0 Å². The summed E-state index contributed by atoms with van der Waals surface area (Å²) in [7, 11) is -1.17. The van der Waals surface area contributed by atoms with E-state index in [2.05, 4.69) is 5.32 Å². The van der Waals surface area contributed by atoms with Crippen molar-refractivity contribution in [3.8, 4) is 0 Å². The average molecular weight is 318 g/mol. The predicted octanol–water partition coefficient (Wildman–Crippen LogP) is -1.23. The summed E-state index contributed by atoms with van der Waals surface area (Å²) in [6.07, 6.45) is 3.60. The van der Waals surface area contributed by atoms with Crippen LogP contribution in [0.1, 0.15) is 12.8 Å². The Balaban J connectivity index is 1.74. The third-order valence-corrected chi connectivity index (χ3v) is 5.46. The molecule has 1 amide bonds. The normalized spacial score (nSPS) is 24.7. The minimum absolute atomic E-state index is 0.0867. The fourth-order valence-corrected chi connectivity index (χ4v) is 3.78. The van der Waals surface area contributed by atoms with Crippen molar-refractivity contribution in [2.45, 2.75) is 18.9 Å². The molecule has 0 aromatic heterocycles. The van der Waals surface area contributed by atoms with Crippen LogP contribution < -0.4 is 5.32 Å². The van der Waals surface area contributed by atoms with Gasteiger partial charge in [0, 0.05) is 38.8 Å². The zero-order valence-corrected chi connectivity index (χ0v) is 13.7. The summed E-state index contributed by atoms with van der Waals surface area (Å²) in [4.78, 5) is 16.0. The fourth-order valence-electron chi connectivity index (χ4n) is 2.95. The molecule has 0 aromatic rings. The summed E-state index contributed by atoms with van der Waals surface area (Å²) in [6, 6.07) is 0.491. The second-order valence-electron chi connectivity index (χ2n) is 6.03. The maximum Gasteiger partial charge on any atom is 0.236 e. The van der Waals surface area contributed by atoms with Gasteiger partial charge in [-0.05, 0) is 26.4 Å². The Morgan fingerprint density at radius 2 is 1.95 bits per heavy atom. The van der Waals surface area contributed by atoms with E-state index in [4.69, 9.17) is 0 Å². The minimum Gasteiger partial charge on any atom is -0.339 e. The van der Waals surface area contributed by atoms with Gasteiger partial charge in [0.2, 0.25) is 15.9 Å². The number of carbonyl (C=O) groups excluding carboxylic acids is 1. The SMILES string of the molecule is CN(CC(=O)N1CCN(S(C)(=O)=O)CC1)CC1CCCN1. The van der Waals surface area contributed by atoms with Crippen LogP contribution in [0.3, 0.4) is 0 Å². The highest BCUT2D eigenvalue weighted by Gasteiger charge is 2.26. The van der Waals surface area contributed by atoms with Gasteiger partial charge in [0.25, 0.3) is 0 Å². The second kappa shape index (κ2) is 7.04. The molecule has 8 heteroatoms. The highest BCUT2D eigenvalue weighted by Crippen LogP contribution is 2.08. The topological polar surface area (TPSA) is 73.0 Å². The molecule has 0 radical (unpaired) electrons. The summed E-state index contributed by atoms with van der Waals surface area (Å²) in [5, 5.41) is 3.42. The van der Waals surface area contributed by atoms with Gasteiger partial charge in [0.05, 0.1) is 12.8 Å². The smallest absolute Gasteiger partial charge is 0.236 e. The van der Waals surface area contributed by atoms with Crippen LogP contribution in [0, 0.1) is 0 Å². The monoisotopic (exact) mass is 318 g/mol. The number of carbonyl (C=O) groups is 1. The molecular weight excluding hydrogens is 292 g/mol. The lowest BCUT2D eigenvalue weighted by atomic mass is 10.2. The molecule has 1 N–H and O–H groups in total. The molecule has 2 heterocycles. The minimum atomic E-state index is -3.14. The Morgan fingerprint density at radius 1 is 1.29 bits per heavy atom. The van der Waals surface area contributed by atoms with Gasteiger partial charge in [-0.3, -0.25) is 9.69 Å². The van der Waals surface area contributed by atoms with E-state index in [0.29, 0.717) is 38.8 Å². The van der Waals surface area contributed by atoms with E-state index in [0.717, 1.165) is 13.1 Å². The van der Waals surface area contributed by atoms with Gasteiger partial charge in [-0.2, -0.15) is 4.31 Å². The molecule has 2 aliphatic rings. The lowest BCUT2D eigenvalue weighted by Gasteiger charge is -2.34. The first-order chi connectivity index (χ1) is 9.86. The number of rotatable bonds is 5. The van der Waals surface area contributed by atoms with Crippen molar-refractivity contribution in [3.05, 3.63) is 0 Å². The molecule has 0 aliphatic carbocycles. The standard InChI is InChI=1S/C13H26N4O3S/c1-15(10-12-4-3-5-14-12)11-13(18)16-6-8-17(9-7-16)21(2,19)20/h12,14H,3-11H2,1-2H3. The Bertz CT molecular complexity index is 454. The van der Waals surface area contributed by atoms with Gasteiger partial charge in [-0.25, -0.2) is 8.42 Å². The predicted molar refractivity (Wildman–Crippen MR) is 81.5 cm³/mol. The largest absolute Gasteiger partial charge is 0.339 e. The number of nitrogens with one attached hydrogen (secondary N) is 1. The van der Waals surface area contributed by atoms with E-state index < -0.39 is 10.0 Å². The summed E-state index contributed by atoms with van der Waals surface area (Å²) < 4.78 is 24.3. The number of hydrogen-bond acceptors (Lipinski definition) is 5. The Hall–Kier alpha value is -0.700. The Kier molecular flexibility index (Phi) is 5.59. The Morgan fingerprint density at radius 3 is 2.48 bits per heavy atom. The number of amides is 1. The maximum absolute atomic E-state index is 12.2. The van der Waals surface area contributed by atoms with Crippen molar-refractivity contribution < 1.29 is 13.2 Å². The molecule has 0 saturated carbocycles. The zero-order chi connectivity index (χ0) is 15.5. The molecule has 0 aromatic carbocycles. The zero-order valence-electron chi connectivity index (χ0n) is 12.9. The van der Waals surface area contributed by atoms with E-state index in [1.54, 1.807) is 4.90 Å². The van der Waals surface area contributed by atoms with Gasteiger partial charge < -0.3 is 10.2 Å². The third-order valence-electron chi connectivity index (χ3n) is 4.16. The van der Waals surface area contributed by atoms with Gasteiger partial charge >= 0.3 is 0 Å². The summed E-state index contributed by atoms with van der Waals surface area (Å²) in [5.74, 6) is 0.0867. The molecule has 122 valence electrons. The molecular formula is C13H26N4O3S. The van der Waals surface area contributed by atoms with Crippen molar-refractivity contribution in [2.75, 3.05) is 59.1 Å². The highest BCUT2D eigenvalue weighted by molar-refractivity contribution is 7.88. The molecule has 0 bridgehead atoms. The second-order valence-corrected chi connectivity index (χ2v) is 8.02. The van der Waals surface area contributed by atoms with E-state index >= 15 is 0 Å². The molecule has 2 saturated heterocycles. The van der Waals surface area contributed by atoms with Crippen molar-refractivity contribution >= 4 is 15.9 Å². The summed E-state index contributed by atoms with van der Waals surface area (Å²) in [5.41, 5.74) is 0. The lowest BCUT2D eigenvalue weighted by molar-refractivity contribution is -0.133. The number of sulfonamides is 1. The molecule has 7 nitrogen and oxygen atoms in total. The van der Waals surface area contributed by atoms with Crippen LogP contribution in [0.4, 0.5) is 0 Å². The summed E-state index contributed by atoms with van der Waals surface area (Å²) in [6.45, 7) is 4.13. The van der Waals surface area contributed by atoms with Crippen LogP contribution in [0.5, 0.6) is 0 Å². The van der Waals surface area contributed by atoms with Gasteiger partial charge in [-0.15, -0.1) is 0 Å². The van der Waals surface area contributed by atoms with Crippen LogP contribution in [0.2, 0.25) is 0 Å². The first-order valence-electron chi connectivity index (χ1n) is 7.51. The van der Waals surface area contributed by atoms with Gasteiger partial charge in [-0.1, -0.05) is 0 Å². The van der Waals surface area contributed by atoms with Crippen molar-refractivity contribution in [1.29, 1.82) is 0 Å². The molecule has 2 aliphatic heterocycles. The number of piperazine rings is 1. The first-order valence-corrected chi connectivity index (χ1v) is 9.36.